The summed E-state index contributed by atoms with van der Waals surface area (Å²) in [5, 5.41) is 9.58. The van der Waals surface area contributed by atoms with Gasteiger partial charge in [-0.1, -0.05) is 215 Å². The van der Waals surface area contributed by atoms with Gasteiger partial charge < -0.3 is 0 Å². The second kappa shape index (κ2) is 17.7. The van der Waals surface area contributed by atoms with Gasteiger partial charge in [0.05, 0.1) is 22.8 Å². The second-order valence-corrected chi connectivity index (χ2v) is 18.3. The van der Waals surface area contributed by atoms with Crippen LogP contribution in [-0.4, -0.2) is 15.7 Å². The molecule has 1 heterocycles. The first-order valence-electron chi connectivity index (χ1n) is 23.3. The maximum atomic E-state index is 5.25. The molecule has 0 spiro atoms. The minimum atomic E-state index is -0.290. The molecule has 1 aromatic heterocycles. The van der Waals surface area contributed by atoms with E-state index >= 15 is 0 Å². The monoisotopic (exact) mass is 871 g/mol. The first-order chi connectivity index (χ1) is 33.2. The number of benzene rings is 10. The van der Waals surface area contributed by atoms with Crippen molar-refractivity contribution < 1.29 is 0 Å². The topological polar surface area (TPSA) is 38.1 Å². The highest BCUT2D eigenvalue weighted by Gasteiger charge is 2.24. The first-order valence-corrected chi connectivity index (χ1v) is 23.3. The van der Waals surface area contributed by atoms with Gasteiger partial charge in [-0.15, -0.1) is 0 Å². The molecule has 0 aliphatic heterocycles. The Bertz CT molecular complexity index is 3680. The molecular weight excluding hydrogens is 823 g/mol. The van der Waals surface area contributed by atoms with Crippen LogP contribution in [-0.2, 0) is 5.41 Å². The summed E-state index contributed by atoms with van der Waals surface area (Å²) in [7, 11) is 0. The number of aromatic nitrogens is 2. The van der Waals surface area contributed by atoms with Crippen molar-refractivity contribution in [2.24, 2.45) is 4.99 Å². The van der Waals surface area contributed by atoms with Crippen LogP contribution in [0.5, 0.6) is 0 Å². The summed E-state index contributed by atoms with van der Waals surface area (Å²) in [4.78, 5) is 15.7. The number of nitrogens with zero attached hydrogens (tertiary/aromatic N) is 3. The van der Waals surface area contributed by atoms with Gasteiger partial charge in [-0.05, 0) is 114 Å². The van der Waals surface area contributed by atoms with Crippen LogP contribution in [0.25, 0.3) is 88.3 Å². The van der Waals surface area contributed by atoms with E-state index in [0.717, 1.165) is 56.1 Å². The van der Waals surface area contributed by atoms with Gasteiger partial charge in [0.15, 0.2) is 5.82 Å². The van der Waals surface area contributed by atoms with Crippen LogP contribution >= 0.6 is 0 Å². The van der Waals surface area contributed by atoms with E-state index in [1.807, 2.05) is 0 Å². The van der Waals surface area contributed by atoms with Crippen LogP contribution in [0.1, 0.15) is 48.6 Å². The Morgan fingerprint density at radius 1 is 0.412 bits per heavy atom. The van der Waals surface area contributed by atoms with Crippen molar-refractivity contribution in [3.8, 4) is 33.9 Å². The summed E-state index contributed by atoms with van der Waals surface area (Å²) in [5.41, 5.74) is 12.8. The Kier molecular flexibility index (Phi) is 11.0. The van der Waals surface area contributed by atoms with Crippen molar-refractivity contribution in [2.45, 2.75) is 26.2 Å². The number of hydrogen-bond donors (Lipinski definition) is 0. The standard InChI is InChI=1S/C65H49N3/c1-43(51-25-21-46-13-5-9-17-52(46)38-51)37-61(56-26-22-47-14-6-10-18-53(47)39-56)66-44(2)45-29-33-59(34-30-45)65(3,4)60-35-31-50(32-36-60)64-67-62(57-27-23-48-15-7-11-19-54(48)40-57)42-63(68-64)58-28-24-49-16-8-12-20-55(49)41-58/h5-42H,2H2,1,3-4H3/b43-37+,66-61?. The molecule has 0 unspecified atom stereocenters. The third kappa shape index (κ3) is 8.43. The summed E-state index contributed by atoms with van der Waals surface area (Å²) in [6.45, 7) is 11.2. The molecule has 3 nitrogen and oxygen atoms in total. The zero-order valence-corrected chi connectivity index (χ0v) is 38.5. The molecule has 11 aromatic rings. The van der Waals surface area contributed by atoms with Crippen LogP contribution in [0.2, 0.25) is 0 Å². The van der Waals surface area contributed by atoms with Gasteiger partial charge in [0, 0.05) is 27.7 Å². The van der Waals surface area contributed by atoms with Crippen molar-refractivity contribution >= 4 is 60.1 Å². The second-order valence-electron chi connectivity index (χ2n) is 18.3. The molecule has 0 saturated carbocycles. The van der Waals surface area contributed by atoms with E-state index in [1.165, 1.54) is 54.2 Å². The number of rotatable bonds is 10. The lowest BCUT2D eigenvalue weighted by Crippen LogP contribution is -2.18. The third-order valence-electron chi connectivity index (χ3n) is 13.5. The molecule has 0 aliphatic carbocycles. The van der Waals surface area contributed by atoms with E-state index in [9.17, 15) is 0 Å². The Labute approximate surface area is 398 Å². The molecule has 0 aliphatic rings. The van der Waals surface area contributed by atoms with Crippen molar-refractivity contribution in [1.82, 2.24) is 9.97 Å². The molecule has 0 amide bonds. The highest BCUT2D eigenvalue weighted by atomic mass is 14.9. The predicted octanol–water partition coefficient (Wildman–Crippen LogP) is 17.0. The van der Waals surface area contributed by atoms with E-state index in [4.69, 9.17) is 15.0 Å². The van der Waals surface area contributed by atoms with Crippen LogP contribution in [0, 0.1) is 0 Å². The van der Waals surface area contributed by atoms with E-state index in [1.54, 1.807) is 0 Å². The molecule has 0 saturated heterocycles. The lowest BCUT2D eigenvalue weighted by Gasteiger charge is -2.26. The molecule has 324 valence electrons. The Morgan fingerprint density at radius 2 is 0.794 bits per heavy atom. The van der Waals surface area contributed by atoms with E-state index in [0.29, 0.717) is 11.5 Å². The number of aliphatic imine (C=N–C) groups is 1. The smallest absolute Gasteiger partial charge is 0.160 e. The van der Waals surface area contributed by atoms with Crippen LogP contribution in [0.4, 0.5) is 0 Å². The maximum Gasteiger partial charge on any atom is 0.160 e. The van der Waals surface area contributed by atoms with Gasteiger partial charge in [-0.3, -0.25) is 0 Å². The third-order valence-corrected chi connectivity index (χ3v) is 13.5. The molecule has 0 fully saturated rings. The average molecular weight is 872 g/mol. The highest BCUT2D eigenvalue weighted by Crippen LogP contribution is 2.36. The van der Waals surface area contributed by atoms with E-state index in [-0.39, 0.29) is 5.41 Å². The Morgan fingerprint density at radius 3 is 1.29 bits per heavy atom. The summed E-state index contributed by atoms with van der Waals surface area (Å²) in [6, 6.07) is 79.7. The largest absolute Gasteiger partial charge is 0.248 e. The van der Waals surface area contributed by atoms with E-state index in [2.05, 4.69) is 258 Å². The van der Waals surface area contributed by atoms with Gasteiger partial charge in [-0.25, -0.2) is 15.0 Å². The molecule has 11 rings (SSSR count). The van der Waals surface area contributed by atoms with Gasteiger partial charge in [-0.2, -0.15) is 0 Å². The minimum Gasteiger partial charge on any atom is -0.248 e. The highest BCUT2D eigenvalue weighted by molar-refractivity contribution is 6.15. The first kappa shape index (κ1) is 42.1. The summed E-state index contributed by atoms with van der Waals surface area (Å²) in [6.07, 6.45) is 2.19. The maximum absolute atomic E-state index is 5.25. The zero-order chi connectivity index (χ0) is 46.2. The van der Waals surface area contributed by atoms with E-state index < -0.39 is 0 Å². The number of allylic oxidation sites excluding steroid dienone is 2. The molecule has 68 heavy (non-hydrogen) atoms. The molecule has 0 N–H and O–H groups in total. The van der Waals surface area contributed by atoms with Gasteiger partial charge >= 0.3 is 0 Å². The van der Waals surface area contributed by atoms with Crippen molar-refractivity contribution in [2.75, 3.05) is 0 Å². The minimum absolute atomic E-state index is 0.290. The van der Waals surface area contributed by atoms with Gasteiger partial charge in [0.2, 0.25) is 0 Å². The fourth-order valence-electron chi connectivity index (χ4n) is 9.31. The number of fused-ring (bicyclic) bond motifs is 4. The summed E-state index contributed by atoms with van der Waals surface area (Å²) < 4.78 is 0. The molecule has 3 heteroatoms. The fraction of sp³-hybridized carbons (Fsp3) is 0.0615. The summed E-state index contributed by atoms with van der Waals surface area (Å²) >= 11 is 0. The number of hydrogen-bond acceptors (Lipinski definition) is 3. The Balaban J connectivity index is 0.894. The molecule has 0 atom stereocenters. The normalized spacial score (nSPS) is 12.3. The van der Waals surface area contributed by atoms with Crippen LogP contribution in [0.15, 0.2) is 242 Å². The Hall–Kier alpha value is -8.53. The molecule has 10 aromatic carbocycles. The lowest BCUT2D eigenvalue weighted by atomic mass is 9.77. The van der Waals surface area contributed by atoms with Gasteiger partial charge in [0.25, 0.3) is 0 Å². The quantitative estimate of drug-likeness (QED) is 0.128. The average Bonchev–Trinajstić information content (AvgIpc) is 3.40. The lowest BCUT2D eigenvalue weighted by molar-refractivity contribution is 0.641. The van der Waals surface area contributed by atoms with Gasteiger partial charge in [0.1, 0.15) is 0 Å². The van der Waals surface area contributed by atoms with Crippen LogP contribution in [0.3, 0.4) is 0 Å². The van der Waals surface area contributed by atoms with Crippen molar-refractivity contribution in [1.29, 1.82) is 0 Å². The summed E-state index contributed by atoms with van der Waals surface area (Å²) in [5.74, 6) is 0.692. The molecular formula is C65H49N3. The SMILES string of the molecule is C=C(N=C(/C=C(\C)c1ccc2ccccc2c1)c1ccc2ccccc2c1)c1ccc(C(C)(C)c2ccc(-c3nc(-c4ccc5ccccc5c4)cc(-c4ccc5ccccc5c4)n3)cc2)cc1. The van der Waals surface area contributed by atoms with Crippen molar-refractivity contribution in [3.05, 3.63) is 265 Å². The fourth-order valence-corrected chi connectivity index (χ4v) is 9.31. The predicted molar refractivity (Wildman–Crippen MR) is 289 cm³/mol. The molecule has 0 radical (unpaired) electrons. The van der Waals surface area contributed by atoms with Crippen LogP contribution < -0.4 is 0 Å². The van der Waals surface area contributed by atoms with Crippen molar-refractivity contribution in [3.63, 3.8) is 0 Å². The molecule has 0 bridgehead atoms. The zero-order valence-electron chi connectivity index (χ0n) is 38.5.